The van der Waals surface area contributed by atoms with Gasteiger partial charge in [0.2, 0.25) is 0 Å². The first-order valence-electron chi connectivity index (χ1n) is 10.0. The lowest BCUT2D eigenvalue weighted by Gasteiger charge is -2.41. The average molecular weight is 360 g/mol. The molecule has 2 bridgehead atoms. The first-order valence-corrected chi connectivity index (χ1v) is 10.0. The van der Waals surface area contributed by atoms with Crippen molar-refractivity contribution < 1.29 is 19.7 Å². The first-order chi connectivity index (χ1) is 12.6. The van der Waals surface area contributed by atoms with Crippen LogP contribution in [0.3, 0.4) is 0 Å². The lowest BCUT2D eigenvalue weighted by atomic mass is 9.79. The van der Waals surface area contributed by atoms with E-state index >= 15 is 0 Å². The Morgan fingerprint density at radius 2 is 1.65 bits per heavy atom. The number of piperidine rings is 1. The Kier molecular flexibility index (Phi) is 4.01. The van der Waals surface area contributed by atoms with Crippen LogP contribution >= 0.6 is 0 Å². The Bertz CT molecular complexity index is 634. The molecule has 2 unspecified atom stereocenters. The molecule has 2 N–H and O–H groups in total. The summed E-state index contributed by atoms with van der Waals surface area (Å²) in [5, 5.41) is 21.1. The highest BCUT2D eigenvalue weighted by Gasteiger charge is 2.47. The number of ether oxygens (including phenoxy) is 2. The zero-order chi connectivity index (χ0) is 17.8. The molecule has 4 aliphatic rings. The molecule has 142 valence electrons. The third-order valence-electron chi connectivity index (χ3n) is 6.88. The summed E-state index contributed by atoms with van der Waals surface area (Å²) in [5.74, 6) is -0.472. The fraction of sp³-hybridized carbons (Fsp3) is 0.750. The number of aliphatic hydroxyl groups is 2. The van der Waals surface area contributed by atoms with Crippen LogP contribution in [0.2, 0.25) is 0 Å². The molecule has 0 radical (unpaired) electrons. The summed E-state index contributed by atoms with van der Waals surface area (Å²) in [7, 11) is 0. The van der Waals surface area contributed by atoms with Crippen LogP contribution < -0.4 is 4.90 Å². The number of nitrogens with zero attached hydrogens (tertiary/aromatic N) is 2. The van der Waals surface area contributed by atoms with Crippen molar-refractivity contribution in [1.29, 1.82) is 0 Å². The molecule has 26 heavy (non-hydrogen) atoms. The predicted octanol–water partition coefficient (Wildman–Crippen LogP) is 2.08. The molecule has 1 saturated carbocycles. The van der Waals surface area contributed by atoms with Gasteiger partial charge in [0, 0.05) is 24.9 Å². The molecule has 0 aromatic carbocycles. The molecule has 5 rings (SSSR count). The summed E-state index contributed by atoms with van der Waals surface area (Å²) < 4.78 is 11.5. The zero-order valence-corrected chi connectivity index (χ0v) is 15.1. The fourth-order valence-electron chi connectivity index (χ4n) is 5.47. The Balaban J connectivity index is 1.31. The minimum absolute atomic E-state index is 0.161. The summed E-state index contributed by atoms with van der Waals surface area (Å²) in [5.41, 5.74) is 0.973. The third-order valence-corrected chi connectivity index (χ3v) is 6.88. The van der Waals surface area contributed by atoms with Gasteiger partial charge in [-0.2, -0.15) is 0 Å². The second-order valence-electron chi connectivity index (χ2n) is 8.46. The average Bonchev–Trinajstić information content (AvgIpc) is 3.21. The van der Waals surface area contributed by atoms with Crippen LogP contribution in [0.25, 0.3) is 0 Å². The van der Waals surface area contributed by atoms with E-state index in [1.54, 1.807) is 0 Å². The van der Waals surface area contributed by atoms with Gasteiger partial charge in [0.1, 0.15) is 5.60 Å². The quantitative estimate of drug-likeness (QED) is 0.841. The predicted molar refractivity (Wildman–Crippen MR) is 95.8 cm³/mol. The number of pyridine rings is 1. The Morgan fingerprint density at radius 1 is 1.00 bits per heavy atom. The van der Waals surface area contributed by atoms with Crippen molar-refractivity contribution >= 4 is 5.69 Å². The number of hydrogen-bond donors (Lipinski definition) is 2. The molecule has 6 heteroatoms. The van der Waals surface area contributed by atoms with E-state index in [1.807, 2.05) is 12.3 Å². The number of rotatable bonds is 2. The molecular weight excluding hydrogens is 332 g/mol. The van der Waals surface area contributed by atoms with Crippen molar-refractivity contribution in [2.75, 3.05) is 18.1 Å². The van der Waals surface area contributed by atoms with E-state index in [2.05, 4.69) is 16.0 Å². The molecule has 1 aromatic rings. The Labute approximate surface area is 154 Å². The van der Waals surface area contributed by atoms with Crippen molar-refractivity contribution in [1.82, 2.24) is 4.98 Å². The maximum absolute atomic E-state index is 11.1. The summed E-state index contributed by atoms with van der Waals surface area (Å²) in [6.07, 6.45) is 8.39. The summed E-state index contributed by atoms with van der Waals surface area (Å²) in [6, 6.07) is 4.92. The number of aromatic nitrogens is 1. The fourth-order valence-corrected chi connectivity index (χ4v) is 5.47. The summed E-state index contributed by atoms with van der Waals surface area (Å²) >= 11 is 0. The lowest BCUT2D eigenvalue weighted by molar-refractivity contribution is -0.204. The molecule has 1 aromatic heterocycles. The van der Waals surface area contributed by atoms with Crippen LogP contribution in [0.1, 0.15) is 57.1 Å². The van der Waals surface area contributed by atoms with Crippen molar-refractivity contribution in [3.8, 4) is 0 Å². The second kappa shape index (κ2) is 6.16. The van der Waals surface area contributed by atoms with E-state index in [-0.39, 0.29) is 6.10 Å². The molecule has 4 fully saturated rings. The minimum Gasteiger partial charge on any atom is -0.393 e. The lowest BCUT2D eigenvalue weighted by Crippen LogP contribution is -2.45. The third kappa shape index (κ3) is 2.74. The monoisotopic (exact) mass is 360 g/mol. The number of fused-ring (bicyclic) bond motifs is 2. The minimum atomic E-state index is -0.893. The number of hydrogen-bond acceptors (Lipinski definition) is 6. The normalized spacial score (nSPS) is 35.2. The molecule has 2 atom stereocenters. The van der Waals surface area contributed by atoms with Gasteiger partial charge < -0.3 is 24.6 Å². The van der Waals surface area contributed by atoms with Crippen molar-refractivity contribution in [2.45, 2.75) is 80.9 Å². The van der Waals surface area contributed by atoms with Crippen molar-refractivity contribution in [3.05, 3.63) is 24.0 Å². The molecule has 0 amide bonds. The van der Waals surface area contributed by atoms with E-state index < -0.39 is 11.4 Å². The van der Waals surface area contributed by atoms with Gasteiger partial charge in [0.25, 0.3) is 0 Å². The SMILES string of the molecule is OC1CC2CCC(C1)N2c1ccc(C2(O)CCC3(CC2)OCCO3)nc1. The second-order valence-corrected chi connectivity index (χ2v) is 8.46. The largest absolute Gasteiger partial charge is 0.393 e. The van der Waals surface area contributed by atoms with Crippen molar-refractivity contribution in [2.24, 2.45) is 0 Å². The van der Waals surface area contributed by atoms with Gasteiger partial charge in [0.05, 0.1) is 36.9 Å². The number of aliphatic hydroxyl groups excluding tert-OH is 1. The van der Waals surface area contributed by atoms with Crippen LogP contribution in [0.15, 0.2) is 18.3 Å². The van der Waals surface area contributed by atoms with Gasteiger partial charge in [0.15, 0.2) is 5.79 Å². The van der Waals surface area contributed by atoms with E-state index in [0.29, 0.717) is 51.0 Å². The van der Waals surface area contributed by atoms with E-state index in [9.17, 15) is 10.2 Å². The van der Waals surface area contributed by atoms with E-state index in [1.165, 1.54) is 0 Å². The molecule has 3 saturated heterocycles. The van der Waals surface area contributed by atoms with Gasteiger partial charge in [-0.1, -0.05) is 0 Å². The molecule has 4 heterocycles. The summed E-state index contributed by atoms with van der Waals surface area (Å²) in [6.45, 7) is 1.30. The molecular formula is C20H28N2O4. The van der Waals surface area contributed by atoms with Gasteiger partial charge in [-0.05, 0) is 50.7 Å². The van der Waals surface area contributed by atoms with Crippen LogP contribution in [0, 0.1) is 0 Å². The van der Waals surface area contributed by atoms with E-state index in [0.717, 1.165) is 37.1 Å². The maximum Gasteiger partial charge on any atom is 0.168 e. The van der Waals surface area contributed by atoms with Gasteiger partial charge in [-0.25, -0.2) is 0 Å². The van der Waals surface area contributed by atoms with Gasteiger partial charge >= 0.3 is 0 Å². The molecule has 6 nitrogen and oxygen atoms in total. The Hall–Kier alpha value is -1.21. The van der Waals surface area contributed by atoms with E-state index in [4.69, 9.17) is 9.47 Å². The molecule has 1 aliphatic carbocycles. The van der Waals surface area contributed by atoms with Crippen LogP contribution in [0.4, 0.5) is 5.69 Å². The molecule has 1 spiro atoms. The highest BCUT2D eigenvalue weighted by atomic mass is 16.7. The van der Waals surface area contributed by atoms with Crippen LogP contribution in [-0.2, 0) is 15.1 Å². The zero-order valence-electron chi connectivity index (χ0n) is 15.1. The maximum atomic E-state index is 11.1. The standard InChI is InChI=1S/C20H28N2O4/c23-17-11-14-1-2-15(12-17)22(14)16-3-4-18(21-13-16)19(24)5-7-20(8-6-19)25-9-10-26-20/h3-4,13-15,17,23-24H,1-2,5-12H2. The highest BCUT2D eigenvalue weighted by molar-refractivity contribution is 5.49. The smallest absolute Gasteiger partial charge is 0.168 e. The van der Waals surface area contributed by atoms with Crippen molar-refractivity contribution in [3.63, 3.8) is 0 Å². The summed E-state index contributed by atoms with van der Waals surface area (Å²) in [4.78, 5) is 7.08. The number of anilines is 1. The van der Waals surface area contributed by atoms with Gasteiger partial charge in [-0.3, -0.25) is 4.98 Å². The Morgan fingerprint density at radius 3 is 2.23 bits per heavy atom. The molecule has 3 aliphatic heterocycles. The topological polar surface area (TPSA) is 75.1 Å². The van der Waals surface area contributed by atoms with Gasteiger partial charge in [-0.15, -0.1) is 0 Å². The highest BCUT2D eigenvalue weighted by Crippen LogP contribution is 2.45. The first kappa shape index (κ1) is 16.9. The van der Waals surface area contributed by atoms with Crippen LogP contribution in [-0.4, -0.2) is 52.4 Å². The van der Waals surface area contributed by atoms with Crippen LogP contribution in [0.5, 0.6) is 0 Å².